The van der Waals surface area contributed by atoms with E-state index in [0.29, 0.717) is 4.83 Å². The molecule has 0 fully saturated rings. The largest absolute Gasteiger partial charge is 0.127 e. The van der Waals surface area contributed by atoms with E-state index >= 15 is 0 Å². The van der Waals surface area contributed by atoms with Crippen LogP contribution in [0.4, 0.5) is 0 Å². The van der Waals surface area contributed by atoms with Crippen LogP contribution in [0.3, 0.4) is 0 Å². The van der Waals surface area contributed by atoms with Crippen LogP contribution in [0.2, 0.25) is 4.34 Å². The van der Waals surface area contributed by atoms with Crippen molar-refractivity contribution in [3.05, 3.63) is 55.6 Å². The highest BCUT2D eigenvalue weighted by molar-refractivity contribution is 9.10. The van der Waals surface area contributed by atoms with Crippen molar-refractivity contribution in [3.63, 3.8) is 0 Å². The lowest BCUT2D eigenvalue weighted by Gasteiger charge is -2.07. The molecule has 1 atom stereocenters. The van der Waals surface area contributed by atoms with Crippen molar-refractivity contribution < 1.29 is 0 Å². The fraction of sp³-hybridized carbons (Fsp3) is 0.167. The van der Waals surface area contributed by atoms with Crippen molar-refractivity contribution in [1.29, 1.82) is 0 Å². The van der Waals surface area contributed by atoms with Gasteiger partial charge in [0, 0.05) is 9.35 Å². The van der Waals surface area contributed by atoms with Crippen molar-refractivity contribution in [1.82, 2.24) is 0 Å². The van der Waals surface area contributed by atoms with E-state index in [4.69, 9.17) is 11.6 Å². The van der Waals surface area contributed by atoms with Crippen molar-refractivity contribution in [2.24, 2.45) is 0 Å². The van der Waals surface area contributed by atoms with Crippen LogP contribution in [0, 0.1) is 0 Å². The molecule has 0 N–H and O–H groups in total. The predicted molar refractivity (Wildman–Crippen MR) is 78.8 cm³/mol. The zero-order valence-corrected chi connectivity index (χ0v) is 13.0. The number of hydrogen-bond donors (Lipinski definition) is 0. The molecule has 0 aliphatic heterocycles. The zero-order chi connectivity index (χ0) is 11.5. The normalized spacial score (nSPS) is 12.7. The van der Waals surface area contributed by atoms with E-state index < -0.39 is 0 Å². The first-order valence-corrected chi connectivity index (χ1v) is 7.69. The third-order valence-corrected chi connectivity index (χ3v) is 5.22. The molecule has 0 aliphatic rings. The second-order valence-corrected chi connectivity index (χ2v) is 7.21. The van der Waals surface area contributed by atoms with Gasteiger partial charge in [-0.25, -0.2) is 0 Å². The molecule has 1 unspecified atom stereocenters. The molecule has 0 nitrogen and oxygen atoms in total. The summed E-state index contributed by atoms with van der Waals surface area (Å²) in [6.45, 7) is 0. The van der Waals surface area contributed by atoms with Crippen molar-refractivity contribution in [3.8, 4) is 0 Å². The highest BCUT2D eigenvalue weighted by Crippen LogP contribution is 2.34. The summed E-state index contributed by atoms with van der Waals surface area (Å²) in [4.78, 5) is 1.61. The number of benzene rings is 1. The van der Waals surface area contributed by atoms with Gasteiger partial charge in [0.05, 0.1) is 9.16 Å². The Balaban J connectivity index is 2.07. The minimum absolute atomic E-state index is 0.339. The van der Waals surface area contributed by atoms with Crippen LogP contribution in [0.25, 0.3) is 0 Å². The molecule has 0 saturated heterocycles. The molecule has 0 amide bonds. The molecule has 0 bridgehead atoms. The van der Waals surface area contributed by atoms with Crippen LogP contribution in [0.15, 0.2) is 40.9 Å². The average molecular weight is 381 g/mol. The minimum atomic E-state index is 0.339. The average Bonchev–Trinajstić information content (AvgIpc) is 2.68. The zero-order valence-electron chi connectivity index (χ0n) is 8.29. The number of hydrogen-bond acceptors (Lipinski definition) is 1. The highest BCUT2D eigenvalue weighted by Gasteiger charge is 2.10. The Morgan fingerprint density at radius 3 is 2.38 bits per heavy atom. The number of halogens is 3. The summed E-state index contributed by atoms with van der Waals surface area (Å²) in [6.07, 6.45) is 0.976. The first kappa shape index (κ1) is 12.6. The first-order chi connectivity index (χ1) is 7.65. The van der Waals surface area contributed by atoms with Gasteiger partial charge in [0.2, 0.25) is 0 Å². The van der Waals surface area contributed by atoms with Gasteiger partial charge < -0.3 is 0 Å². The predicted octanol–water partition coefficient (Wildman–Crippen LogP) is 5.84. The molecule has 1 aromatic heterocycles. The lowest BCUT2D eigenvalue weighted by molar-refractivity contribution is 0.969. The van der Waals surface area contributed by atoms with Gasteiger partial charge in [-0.05, 0) is 36.2 Å². The van der Waals surface area contributed by atoms with E-state index in [-0.39, 0.29) is 0 Å². The van der Waals surface area contributed by atoms with Crippen molar-refractivity contribution >= 4 is 54.8 Å². The van der Waals surface area contributed by atoms with Crippen LogP contribution < -0.4 is 0 Å². The Morgan fingerprint density at radius 2 is 1.81 bits per heavy atom. The number of rotatable bonds is 3. The van der Waals surface area contributed by atoms with Crippen molar-refractivity contribution in [2.75, 3.05) is 0 Å². The SMILES string of the molecule is Clc1ccc(C(Br)Cc2ccc(Br)cc2)s1. The van der Waals surface area contributed by atoms with Crippen LogP contribution in [0.1, 0.15) is 15.3 Å². The smallest absolute Gasteiger partial charge is 0.0931 e. The lowest BCUT2D eigenvalue weighted by Crippen LogP contribution is -1.92. The van der Waals surface area contributed by atoms with E-state index in [1.165, 1.54) is 10.4 Å². The quantitative estimate of drug-likeness (QED) is 0.587. The second-order valence-electron chi connectivity index (χ2n) is 3.44. The van der Waals surface area contributed by atoms with Gasteiger partial charge >= 0.3 is 0 Å². The highest BCUT2D eigenvalue weighted by atomic mass is 79.9. The minimum Gasteiger partial charge on any atom is -0.127 e. The Bertz CT molecular complexity index is 464. The topological polar surface area (TPSA) is 0 Å². The fourth-order valence-corrected chi connectivity index (χ4v) is 3.53. The van der Waals surface area contributed by atoms with Gasteiger partial charge in [-0.1, -0.05) is 55.6 Å². The van der Waals surface area contributed by atoms with Gasteiger partial charge in [-0.15, -0.1) is 11.3 Å². The molecule has 1 aromatic carbocycles. The van der Waals surface area contributed by atoms with Crippen molar-refractivity contribution in [2.45, 2.75) is 11.2 Å². The molecule has 84 valence electrons. The third-order valence-electron chi connectivity index (χ3n) is 2.23. The summed E-state index contributed by atoms with van der Waals surface area (Å²) in [6, 6.07) is 12.4. The second kappa shape index (κ2) is 5.67. The molecule has 0 aliphatic carbocycles. The molecular weight excluding hydrogens is 371 g/mol. The number of thiophene rings is 1. The van der Waals surface area contributed by atoms with Gasteiger partial charge in [-0.3, -0.25) is 0 Å². The molecule has 2 rings (SSSR count). The van der Waals surface area contributed by atoms with E-state index in [2.05, 4.69) is 62.2 Å². The lowest BCUT2D eigenvalue weighted by atomic mass is 10.1. The van der Waals surface area contributed by atoms with Crippen LogP contribution in [0.5, 0.6) is 0 Å². The summed E-state index contributed by atoms with van der Waals surface area (Å²) in [5, 5.41) is 0. The molecule has 0 saturated carbocycles. The standard InChI is InChI=1S/C12H9Br2ClS/c13-9-3-1-8(2-4-9)7-10(14)11-5-6-12(15)16-11/h1-6,10H,7H2. The Hall–Kier alpha value is 0.170. The summed E-state index contributed by atoms with van der Waals surface area (Å²) in [5.74, 6) is 0. The fourth-order valence-electron chi connectivity index (χ4n) is 1.42. The molecule has 0 radical (unpaired) electrons. The van der Waals surface area contributed by atoms with Crippen LogP contribution >= 0.6 is 54.8 Å². The first-order valence-electron chi connectivity index (χ1n) is 4.79. The maximum atomic E-state index is 5.92. The van der Waals surface area contributed by atoms with E-state index in [0.717, 1.165) is 15.2 Å². The monoisotopic (exact) mass is 378 g/mol. The molecule has 2 aromatic rings. The summed E-state index contributed by atoms with van der Waals surface area (Å²) in [7, 11) is 0. The van der Waals surface area contributed by atoms with Gasteiger partial charge in [0.15, 0.2) is 0 Å². The Kier molecular flexibility index (Phi) is 4.48. The molecule has 16 heavy (non-hydrogen) atoms. The molecule has 0 spiro atoms. The van der Waals surface area contributed by atoms with E-state index in [9.17, 15) is 0 Å². The molecular formula is C12H9Br2ClS. The van der Waals surface area contributed by atoms with E-state index in [1.807, 2.05) is 6.07 Å². The van der Waals surface area contributed by atoms with Crippen LogP contribution in [-0.4, -0.2) is 0 Å². The Labute approximate surface area is 121 Å². The summed E-state index contributed by atoms with van der Waals surface area (Å²) < 4.78 is 1.96. The maximum Gasteiger partial charge on any atom is 0.0931 e. The Morgan fingerprint density at radius 1 is 1.12 bits per heavy atom. The third kappa shape index (κ3) is 3.33. The van der Waals surface area contributed by atoms with Crippen LogP contribution in [-0.2, 0) is 6.42 Å². The summed E-state index contributed by atoms with van der Waals surface area (Å²) >= 11 is 14.7. The summed E-state index contributed by atoms with van der Waals surface area (Å²) in [5.41, 5.74) is 1.31. The van der Waals surface area contributed by atoms with Gasteiger partial charge in [-0.2, -0.15) is 0 Å². The van der Waals surface area contributed by atoms with Gasteiger partial charge in [0.25, 0.3) is 0 Å². The van der Waals surface area contributed by atoms with E-state index in [1.54, 1.807) is 11.3 Å². The molecule has 4 heteroatoms. The number of alkyl halides is 1. The maximum absolute atomic E-state index is 5.92. The van der Waals surface area contributed by atoms with Gasteiger partial charge in [0.1, 0.15) is 0 Å². The molecule has 1 heterocycles.